The van der Waals surface area contributed by atoms with Gasteiger partial charge in [-0.25, -0.2) is 0 Å². The van der Waals surface area contributed by atoms with Crippen molar-refractivity contribution >= 4 is 73.6 Å². The SMILES string of the molecule is CC(C)(C)c1ccc(N2c3cc4c(cc3B3c5c2cc2ccccc2c5-c2ccc(N(c5ccccc5)c5ccccc5)c5c6c(n3c25)C(C)(C)c2ccccc2-6)Oc2ccccc2O4)c(-c2ccccc2)c1. The van der Waals surface area contributed by atoms with Crippen molar-refractivity contribution in [3.8, 4) is 56.4 Å². The lowest BCUT2D eigenvalue weighted by atomic mass is 9.44. The largest absolute Gasteiger partial charge is 0.450 e. The lowest BCUT2D eigenvalue weighted by Crippen LogP contribution is -2.57. The zero-order chi connectivity index (χ0) is 48.9. The number of anilines is 6. The fourth-order valence-corrected chi connectivity index (χ4v) is 12.9. The third-order valence-corrected chi connectivity index (χ3v) is 16.1. The Morgan fingerprint density at radius 1 is 0.507 bits per heavy atom. The van der Waals surface area contributed by atoms with E-state index in [0.29, 0.717) is 23.0 Å². The Labute approximate surface area is 426 Å². The van der Waals surface area contributed by atoms with Gasteiger partial charge in [-0.2, -0.15) is 0 Å². The van der Waals surface area contributed by atoms with Gasteiger partial charge >= 0.3 is 6.85 Å². The van der Waals surface area contributed by atoms with Crippen LogP contribution in [0.1, 0.15) is 51.4 Å². The van der Waals surface area contributed by atoms with Gasteiger partial charge in [0.05, 0.1) is 11.4 Å². The Balaban J connectivity index is 1.12. The second kappa shape index (κ2) is 15.1. The number of rotatable bonds is 5. The Hall–Kier alpha value is -8.74. The molecule has 6 heteroatoms. The van der Waals surface area contributed by atoms with Crippen molar-refractivity contribution in [3.63, 3.8) is 0 Å². The highest BCUT2D eigenvalue weighted by Crippen LogP contribution is 2.60. The Morgan fingerprint density at radius 3 is 1.85 bits per heavy atom. The molecule has 4 heterocycles. The van der Waals surface area contributed by atoms with E-state index in [4.69, 9.17) is 9.47 Å². The topological polar surface area (TPSA) is 29.9 Å². The van der Waals surface area contributed by atoms with Crippen molar-refractivity contribution < 1.29 is 9.47 Å². The normalized spacial score (nSPS) is 14.1. The number of benzene rings is 10. The number of hydrogen-bond acceptors (Lipinski definition) is 4. The molecule has 0 radical (unpaired) electrons. The highest BCUT2D eigenvalue weighted by molar-refractivity contribution is 6.90. The minimum atomic E-state index is -0.369. The molecule has 0 unspecified atom stereocenters. The van der Waals surface area contributed by atoms with Crippen molar-refractivity contribution in [1.29, 1.82) is 0 Å². The summed E-state index contributed by atoms with van der Waals surface area (Å²) in [5, 5.41) is 3.67. The lowest BCUT2D eigenvalue weighted by molar-refractivity contribution is 0.360. The van der Waals surface area contributed by atoms with Crippen molar-refractivity contribution in [2.24, 2.45) is 0 Å². The van der Waals surface area contributed by atoms with Gasteiger partial charge < -0.3 is 23.8 Å². The van der Waals surface area contributed by atoms with E-state index in [0.717, 1.165) is 45.2 Å². The zero-order valence-electron chi connectivity index (χ0n) is 41.4. The third-order valence-electron chi connectivity index (χ3n) is 16.1. The van der Waals surface area contributed by atoms with Crippen LogP contribution in [0.15, 0.2) is 212 Å². The van der Waals surface area contributed by atoms with E-state index in [9.17, 15) is 0 Å². The lowest BCUT2D eigenvalue weighted by Gasteiger charge is -2.43. The minimum Gasteiger partial charge on any atom is -0.450 e. The second-order valence-electron chi connectivity index (χ2n) is 21.6. The summed E-state index contributed by atoms with van der Waals surface area (Å²) in [5.41, 5.74) is 21.2. The van der Waals surface area contributed by atoms with Gasteiger partial charge in [0.15, 0.2) is 23.0 Å². The van der Waals surface area contributed by atoms with E-state index >= 15 is 0 Å². The monoisotopic (exact) mass is 939 g/mol. The van der Waals surface area contributed by atoms with E-state index in [2.05, 4.69) is 237 Å². The van der Waals surface area contributed by atoms with Crippen molar-refractivity contribution in [2.45, 2.75) is 45.4 Å². The molecule has 4 aliphatic rings. The maximum absolute atomic E-state index is 6.93. The van der Waals surface area contributed by atoms with Crippen LogP contribution in [-0.4, -0.2) is 11.3 Å². The van der Waals surface area contributed by atoms with E-state index in [1.54, 1.807) is 0 Å². The smallest absolute Gasteiger partial charge is 0.333 e. The van der Waals surface area contributed by atoms with Crippen molar-refractivity contribution in [3.05, 3.63) is 229 Å². The summed E-state index contributed by atoms with van der Waals surface area (Å²) in [6, 6.07) is 77.7. The zero-order valence-corrected chi connectivity index (χ0v) is 41.4. The van der Waals surface area contributed by atoms with Crippen LogP contribution in [0, 0.1) is 0 Å². The molecule has 10 aromatic carbocycles. The molecule has 348 valence electrons. The van der Waals surface area contributed by atoms with Crippen LogP contribution in [-0.2, 0) is 10.8 Å². The molecule has 73 heavy (non-hydrogen) atoms. The molecule has 0 N–H and O–H groups in total. The molecule has 0 spiro atoms. The molecule has 1 aromatic heterocycles. The molecule has 0 saturated carbocycles. The predicted molar refractivity (Wildman–Crippen MR) is 303 cm³/mol. The summed E-state index contributed by atoms with van der Waals surface area (Å²) in [6.07, 6.45) is 0. The van der Waals surface area contributed by atoms with Crippen molar-refractivity contribution in [2.75, 3.05) is 9.80 Å². The summed E-state index contributed by atoms with van der Waals surface area (Å²) in [5.74, 6) is 2.81. The number of hydrogen-bond donors (Lipinski definition) is 0. The van der Waals surface area contributed by atoms with Gasteiger partial charge in [0, 0.05) is 67.5 Å². The predicted octanol–water partition coefficient (Wildman–Crippen LogP) is 16.9. The van der Waals surface area contributed by atoms with Crippen LogP contribution in [0.25, 0.3) is 55.1 Å². The van der Waals surface area contributed by atoms with Crippen LogP contribution in [0.4, 0.5) is 34.1 Å². The van der Waals surface area contributed by atoms with Gasteiger partial charge in [0.1, 0.15) is 0 Å². The van der Waals surface area contributed by atoms with Crippen molar-refractivity contribution in [1.82, 2.24) is 4.48 Å². The van der Waals surface area contributed by atoms with E-state index in [1.807, 2.05) is 24.3 Å². The summed E-state index contributed by atoms with van der Waals surface area (Å²) in [6.45, 7) is 11.5. The van der Waals surface area contributed by atoms with Gasteiger partial charge in [0.2, 0.25) is 0 Å². The van der Waals surface area contributed by atoms with Gasteiger partial charge in [0.25, 0.3) is 0 Å². The number of ether oxygens (including phenoxy) is 2. The number of fused-ring (bicyclic) bond motifs is 13. The quantitative estimate of drug-likeness (QED) is 0.161. The first-order valence-electron chi connectivity index (χ1n) is 25.5. The summed E-state index contributed by atoms with van der Waals surface area (Å²) < 4.78 is 16.6. The molecule has 0 bridgehead atoms. The minimum absolute atomic E-state index is 0.0730. The standard InChI is InChI=1S/C67H50BN3O2/c1-66(2,3)43-33-35-52(49(38-43)41-21-9-6-10-22-41)70-54-40-59-58(72-56-31-19-20-32-57(56)73-59)39-51(54)68-63-55(70)37-42-23-15-16-28-46(42)60(63)48-34-36-53(69(44-24-11-7-12-25-44)45-26-13-8-14-27-45)62-61-47-29-17-18-30-50(47)67(4,5)65(61)71(68)64(48)62/h6-40H,1-5H3. The maximum atomic E-state index is 6.93. The summed E-state index contributed by atoms with van der Waals surface area (Å²) in [7, 11) is 0. The number of aromatic nitrogens is 1. The average molecular weight is 940 g/mol. The average Bonchev–Trinajstić information content (AvgIpc) is 3.92. The van der Waals surface area contributed by atoms with E-state index in [1.165, 1.54) is 71.8 Å². The Kier molecular flexibility index (Phi) is 8.71. The highest BCUT2D eigenvalue weighted by atomic mass is 16.6. The summed E-state index contributed by atoms with van der Waals surface area (Å²) >= 11 is 0. The van der Waals surface area contributed by atoms with Crippen LogP contribution < -0.4 is 30.2 Å². The van der Waals surface area contributed by atoms with Gasteiger partial charge in [-0.3, -0.25) is 0 Å². The third kappa shape index (κ3) is 5.92. The van der Waals surface area contributed by atoms with Crippen LogP contribution in [0.5, 0.6) is 23.0 Å². The Morgan fingerprint density at radius 2 is 1.14 bits per heavy atom. The van der Waals surface area contributed by atoms with Gasteiger partial charge in [-0.1, -0.05) is 174 Å². The molecular weight excluding hydrogens is 890 g/mol. The fraction of sp³-hybridized carbons (Fsp3) is 0.104. The van der Waals surface area contributed by atoms with Gasteiger partial charge in [-0.15, -0.1) is 0 Å². The van der Waals surface area contributed by atoms with Crippen LogP contribution in [0.3, 0.4) is 0 Å². The second-order valence-corrected chi connectivity index (χ2v) is 21.6. The molecule has 3 aliphatic heterocycles. The van der Waals surface area contributed by atoms with Crippen LogP contribution >= 0.6 is 0 Å². The molecular formula is C67H50BN3O2. The maximum Gasteiger partial charge on any atom is 0.333 e. The molecule has 0 saturated heterocycles. The first-order chi connectivity index (χ1) is 35.6. The molecule has 0 amide bonds. The molecule has 5 nitrogen and oxygen atoms in total. The number of para-hydroxylation sites is 4. The van der Waals surface area contributed by atoms with Gasteiger partial charge in [-0.05, 0) is 122 Å². The molecule has 0 atom stereocenters. The molecule has 1 aliphatic carbocycles. The first-order valence-corrected chi connectivity index (χ1v) is 25.5. The van der Waals surface area contributed by atoms with E-state index in [-0.39, 0.29) is 17.7 Å². The molecule has 15 rings (SSSR count). The summed E-state index contributed by atoms with van der Waals surface area (Å²) in [4.78, 5) is 5.01. The number of nitrogens with zero attached hydrogens (tertiary/aromatic N) is 3. The highest BCUT2D eigenvalue weighted by Gasteiger charge is 2.50. The molecule has 11 aromatic rings. The first kappa shape index (κ1) is 42.0. The molecule has 0 fully saturated rings. The Bertz CT molecular complexity index is 4080. The van der Waals surface area contributed by atoms with Crippen LogP contribution in [0.2, 0.25) is 0 Å². The fourth-order valence-electron chi connectivity index (χ4n) is 12.9. The van der Waals surface area contributed by atoms with E-state index < -0.39 is 0 Å².